The highest BCUT2D eigenvalue weighted by Gasteiger charge is 2.21. The summed E-state index contributed by atoms with van der Waals surface area (Å²) in [7, 11) is 0. The first-order valence-electron chi connectivity index (χ1n) is 6.84. The van der Waals surface area contributed by atoms with Crippen molar-refractivity contribution in [3.05, 3.63) is 70.8 Å². The molecule has 0 atom stereocenters. The van der Waals surface area contributed by atoms with E-state index in [-0.39, 0.29) is 11.5 Å². The lowest BCUT2D eigenvalue weighted by atomic mass is 9.99. The number of hydrogen-bond acceptors (Lipinski definition) is 2. The van der Waals surface area contributed by atoms with Crippen molar-refractivity contribution in [1.82, 2.24) is 4.90 Å². The molecule has 0 saturated heterocycles. The first-order valence-corrected chi connectivity index (χ1v) is 6.84. The molecule has 1 amide bonds. The van der Waals surface area contributed by atoms with Gasteiger partial charge in [-0.05, 0) is 35.7 Å². The fourth-order valence-electron chi connectivity index (χ4n) is 2.64. The SMILES string of the molecule is O=C(O)c1cccc(C(=O)N2CCc3ccccc3C2)c1. The molecule has 1 N–H and O–H groups in total. The summed E-state index contributed by atoms with van der Waals surface area (Å²) >= 11 is 0. The molecule has 1 aliphatic rings. The lowest BCUT2D eigenvalue weighted by Gasteiger charge is -2.29. The van der Waals surface area contributed by atoms with Gasteiger partial charge in [-0.2, -0.15) is 0 Å². The molecule has 106 valence electrons. The maximum absolute atomic E-state index is 12.5. The van der Waals surface area contributed by atoms with E-state index in [4.69, 9.17) is 5.11 Å². The van der Waals surface area contributed by atoms with Gasteiger partial charge in [-0.25, -0.2) is 4.79 Å². The highest BCUT2D eigenvalue weighted by atomic mass is 16.4. The predicted octanol–water partition coefficient (Wildman–Crippen LogP) is 2.58. The van der Waals surface area contributed by atoms with Crippen molar-refractivity contribution in [3.63, 3.8) is 0 Å². The Morgan fingerprint density at radius 1 is 0.952 bits per heavy atom. The standard InChI is InChI=1S/C17H15NO3/c19-16(13-6-3-7-14(10-13)17(20)21)18-9-8-12-4-1-2-5-15(12)11-18/h1-7,10H,8-9,11H2,(H,20,21). The van der Waals surface area contributed by atoms with Crippen LogP contribution in [0.4, 0.5) is 0 Å². The molecule has 0 aromatic heterocycles. The summed E-state index contributed by atoms with van der Waals surface area (Å²) in [5.74, 6) is -1.14. The number of carboxylic acid groups (broad SMARTS) is 1. The van der Waals surface area contributed by atoms with E-state index < -0.39 is 5.97 Å². The van der Waals surface area contributed by atoms with E-state index in [1.807, 2.05) is 18.2 Å². The third-order valence-electron chi connectivity index (χ3n) is 3.77. The van der Waals surface area contributed by atoms with Gasteiger partial charge in [0.05, 0.1) is 5.56 Å². The second kappa shape index (κ2) is 5.40. The van der Waals surface area contributed by atoms with Crippen LogP contribution < -0.4 is 0 Å². The van der Waals surface area contributed by atoms with Gasteiger partial charge < -0.3 is 10.0 Å². The first kappa shape index (κ1) is 13.4. The second-order valence-electron chi connectivity index (χ2n) is 5.13. The smallest absolute Gasteiger partial charge is 0.335 e. The van der Waals surface area contributed by atoms with Gasteiger partial charge >= 0.3 is 5.97 Å². The van der Waals surface area contributed by atoms with Gasteiger partial charge in [0.25, 0.3) is 5.91 Å². The maximum Gasteiger partial charge on any atom is 0.335 e. The molecule has 0 unspecified atom stereocenters. The molecule has 1 heterocycles. The quantitative estimate of drug-likeness (QED) is 0.920. The van der Waals surface area contributed by atoms with Crippen LogP contribution in [0, 0.1) is 0 Å². The molecule has 0 bridgehead atoms. The first-order chi connectivity index (χ1) is 10.1. The van der Waals surface area contributed by atoms with E-state index >= 15 is 0 Å². The van der Waals surface area contributed by atoms with Crippen LogP contribution in [0.25, 0.3) is 0 Å². The van der Waals surface area contributed by atoms with Crippen molar-refractivity contribution in [2.75, 3.05) is 6.54 Å². The molecule has 21 heavy (non-hydrogen) atoms. The molecule has 1 aliphatic heterocycles. The van der Waals surface area contributed by atoms with Crippen LogP contribution >= 0.6 is 0 Å². The number of benzene rings is 2. The van der Waals surface area contributed by atoms with Gasteiger partial charge in [0.1, 0.15) is 0 Å². The minimum Gasteiger partial charge on any atom is -0.478 e. The molecule has 0 fully saturated rings. The van der Waals surface area contributed by atoms with Crippen molar-refractivity contribution >= 4 is 11.9 Å². The van der Waals surface area contributed by atoms with Crippen LogP contribution in [0.5, 0.6) is 0 Å². The molecule has 0 saturated carbocycles. The second-order valence-corrected chi connectivity index (χ2v) is 5.13. The number of carboxylic acids is 1. The zero-order chi connectivity index (χ0) is 14.8. The normalized spacial score (nSPS) is 13.6. The summed E-state index contributed by atoms with van der Waals surface area (Å²) in [6.45, 7) is 1.24. The summed E-state index contributed by atoms with van der Waals surface area (Å²) in [4.78, 5) is 25.3. The molecule has 0 spiro atoms. The Morgan fingerprint density at radius 3 is 2.43 bits per heavy atom. The van der Waals surface area contributed by atoms with E-state index in [1.165, 1.54) is 17.7 Å². The highest BCUT2D eigenvalue weighted by molar-refractivity contribution is 5.97. The van der Waals surface area contributed by atoms with Crippen LogP contribution in [0.1, 0.15) is 31.8 Å². The predicted molar refractivity (Wildman–Crippen MR) is 78.3 cm³/mol. The van der Waals surface area contributed by atoms with Crippen LogP contribution in [-0.4, -0.2) is 28.4 Å². The molecule has 3 rings (SSSR count). The van der Waals surface area contributed by atoms with Crippen molar-refractivity contribution in [2.24, 2.45) is 0 Å². The van der Waals surface area contributed by atoms with Gasteiger partial charge in [0.2, 0.25) is 0 Å². The number of nitrogens with zero attached hydrogens (tertiary/aromatic N) is 1. The molecule has 2 aromatic rings. The van der Waals surface area contributed by atoms with Crippen LogP contribution in [-0.2, 0) is 13.0 Å². The third-order valence-corrected chi connectivity index (χ3v) is 3.77. The maximum atomic E-state index is 12.5. The Kier molecular flexibility index (Phi) is 3.44. The van der Waals surface area contributed by atoms with Crippen LogP contribution in [0.2, 0.25) is 0 Å². The fraction of sp³-hybridized carbons (Fsp3) is 0.176. The number of aromatic carboxylic acids is 1. The summed E-state index contributed by atoms with van der Waals surface area (Å²) in [6, 6.07) is 14.3. The number of fused-ring (bicyclic) bond motifs is 1. The summed E-state index contributed by atoms with van der Waals surface area (Å²) in [6.07, 6.45) is 0.834. The molecular weight excluding hydrogens is 266 g/mol. The Morgan fingerprint density at radius 2 is 1.67 bits per heavy atom. The van der Waals surface area contributed by atoms with E-state index in [2.05, 4.69) is 6.07 Å². The van der Waals surface area contributed by atoms with E-state index in [0.717, 1.165) is 12.0 Å². The number of carbonyl (C=O) groups excluding carboxylic acids is 1. The van der Waals surface area contributed by atoms with E-state index in [0.29, 0.717) is 18.7 Å². The Hall–Kier alpha value is -2.62. The van der Waals surface area contributed by atoms with Crippen molar-refractivity contribution in [1.29, 1.82) is 0 Å². The van der Waals surface area contributed by atoms with E-state index in [1.54, 1.807) is 17.0 Å². The Balaban J connectivity index is 1.84. The van der Waals surface area contributed by atoms with Crippen LogP contribution in [0.3, 0.4) is 0 Å². The summed E-state index contributed by atoms with van der Waals surface area (Å²) < 4.78 is 0. The number of carbonyl (C=O) groups is 2. The van der Waals surface area contributed by atoms with Gasteiger partial charge in [0, 0.05) is 18.7 Å². The molecule has 2 aromatic carbocycles. The highest BCUT2D eigenvalue weighted by Crippen LogP contribution is 2.20. The van der Waals surface area contributed by atoms with Crippen LogP contribution in [0.15, 0.2) is 48.5 Å². The average molecular weight is 281 g/mol. The molecule has 4 nitrogen and oxygen atoms in total. The average Bonchev–Trinajstić information content (AvgIpc) is 2.53. The molecule has 4 heteroatoms. The minimum absolute atomic E-state index is 0.118. The number of hydrogen-bond donors (Lipinski definition) is 1. The van der Waals surface area contributed by atoms with Gasteiger partial charge in [-0.15, -0.1) is 0 Å². The van der Waals surface area contributed by atoms with E-state index in [9.17, 15) is 9.59 Å². The zero-order valence-corrected chi connectivity index (χ0v) is 11.5. The largest absolute Gasteiger partial charge is 0.478 e. The topological polar surface area (TPSA) is 57.6 Å². The lowest BCUT2D eigenvalue weighted by molar-refractivity contribution is 0.0697. The number of amides is 1. The zero-order valence-electron chi connectivity index (χ0n) is 11.5. The van der Waals surface area contributed by atoms with Gasteiger partial charge in [-0.1, -0.05) is 30.3 Å². The Labute approximate surface area is 122 Å². The van der Waals surface area contributed by atoms with Gasteiger partial charge in [-0.3, -0.25) is 4.79 Å². The Bertz CT molecular complexity index is 709. The summed E-state index contributed by atoms with van der Waals surface area (Å²) in [5, 5.41) is 9.01. The molecular formula is C17H15NO3. The van der Waals surface area contributed by atoms with Crippen molar-refractivity contribution < 1.29 is 14.7 Å². The van der Waals surface area contributed by atoms with Crippen molar-refractivity contribution in [2.45, 2.75) is 13.0 Å². The van der Waals surface area contributed by atoms with Gasteiger partial charge in [0.15, 0.2) is 0 Å². The summed E-state index contributed by atoms with van der Waals surface area (Å²) in [5.41, 5.74) is 3.00. The van der Waals surface area contributed by atoms with Crippen molar-refractivity contribution in [3.8, 4) is 0 Å². The fourth-order valence-corrected chi connectivity index (χ4v) is 2.64. The molecule has 0 radical (unpaired) electrons. The third kappa shape index (κ3) is 2.65. The number of rotatable bonds is 2. The minimum atomic E-state index is -1.02. The monoisotopic (exact) mass is 281 g/mol. The molecule has 0 aliphatic carbocycles. The lowest BCUT2D eigenvalue weighted by Crippen LogP contribution is -2.36.